The molecule has 3 aliphatic rings. The third kappa shape index (κ3) is 4.12. The number of nitrogens with zero attached hydrogens (tertiary/aromatic N) is 1. The molecule has 3 aliphatic heterocycles. The van der Waals surface area contributed by atoms with E-state index in [4.69, 9.17) is 4.74 Å². The fourth-order valence-corrected chi connectivity index (χ4v) is 6.78. The fraction of sp³-hybridized carbons (Fsp3) is 0.679. The van der Waals surface area contributed by atoms with E-state index in [1.54, 1.807) is 0 Å². The monoisotopic (exact) mass is 499 g/mol. The van der Waals surface area contributed by atoms with Crippen LogP contribution in [0.5, 0.6) is 0 Å². The summed E-state index contributed by atoms with van der Waals surface area (Å²) in [4.78, 5) is 43.1. The molecule has 1 aromatic carbocycles. The molecule has 7 atom stereocenters. The summed E-state index contributed by atoms with van der Waals surface area (Å²) in [7, 11) is 0. The standard InChI is InChI=1S/C28H41N3O5/c1-5-7-11-15-30-25(34)23-28-16-18(3)27(4,36-28)21(24(33)29-14-6-2)22(28)26(35)31(23)20(17-32)19-12-9-8-10-13-19/h8-10,12-13,18,20-23,32H,5-7,11,14-17H2,1-4H3,(H,29,33)(H,30,34)/t18?,20-,21-,22+,23?,27+,28?/m1/s1. The SMILES string of the molecule is CCCCCNC(=O)C1N([C@H](CO)c2ccccc2)C(=O)[C@@H]2[C@H](C(=O)NCCC)[C@@]3(C)OC12CC3C. The average molecular weight is 500 g/mol. The number of rotatable bonds is 11. The van der Waals surface area contributed by atoms with Gasteiger partial charge in [-0.2, -0.15) is 0 Å². The third-order valence-corrected chi connectivity index (χ3v) is 8.61. The number of unbranched alkanes of at least 4 members (excludes halogenated alkanes) is 2. The molecule has 36 heavy (non-hydrogen) atoms. The van der Waals surface area contributed by atoms with E-state index in [0.717, 1.165) is 31.2 Å². The Morgan fingerprint density at radius 3 is 2.44 bits per heavy atom. The number of benzene rings is 1. The summed E-state index contributed by atoms with van der Waals surface area (Å²) in [6.07, 6.45) is 4.16. The molecule has 3 fully saturated rings. The Bertz CT molecular complexity index is 971. The predicted octanol–water partition coefficient (Wildman–Crippen LogP) is 2.56. The largest absolute Gasteiger partial charge is 0.394 e. The summed E-state index contributed by atoms with van der Waals surface area (Å²) < 4.78 is 6.72. The maximum atomic E-state index is 14.2. The lowest BCUT2D eigenvalue weighted by Gasteiger charge is -2.37. The average Bonchev–Trinajstić information content (AvgIpc) is 3.38. The van der Waals surface area contributed by atoms with Crippen LogP contribution in [0.15, 0.2) is 30.3 Å². The van der Waals surface area contributed by atoms with Crippen LogP contribution in [-0.2, 0) is 19.1 Å². The van der Waals surface area contributed by atoms with Crippen LogP contribution in [0, 0.1) is 17.8 Å². The molecular formula is C28H41N3O5. The number of hydrogen-bond acceptors (Lipinski definition) is 5. The minimum Gasteiger partial charge on any atom is -0.394 e. The Hall–Kier alpha value is -2.45. The first-order valence-corrected chi connectivity index (χ1v) is 13.5. The van der Waals surface area contributed by atoms with Crippen molar-refractivity contribution < 1.29 is 24.2 Å². The van der Waals surface area contributed by atoms with Gasteiger partial charge in [0.15, 0.2) is 0 Å². The summed E-state index contributed by atoms with van der Waals surface area (Å²) in [5.74, 6) is -2.26. The second kappa shape index (κ2) is 10.5. The summed E-state index contributed by atoms with van der Waals surface area (Å²) in [5, 5.41) is 16.5. The molecule has 2 bridgehead atoms. The predicted molar refractivity (Wildman–Crippen MR) is 136 cm³/mol. The third-order valence-electron chi connectivity index (χ3n) is 8.61. The second-order valence-electron chi connectivity index (χ2n) is 10.8. The Labute approximate surface area is 214 Å². The van der Waals surface area contributed by atoms with Crippen molar-refractivity contribution in [2.45, 2.75) is 83.1 Å². The van der Waals surface area contributed by atoms with Crippen LogP contribution in [0.4, 0.5) is 0 Å². The van der Waals surface area contributed by atoms with Crippen molar-refractivity contribution in [3.05, 3.63) is 35.9 Å². The van der Waals surface area contributed by atoms with Crippen molar-refractivity contribution >= 4 is 17.7 Å². The number of carbonyl (C=O) groups is 3. The topological polar surface area (TPSA) is 108 Å². The van der Waals surface area contributed by atoms with Crippen LogP contribution in [-0.4, -0.2) is 64.7 Å². The van der Waals surface area contributed by atoms with Crippen LogP contribution in [0.3, 0.4) is 0 Å². The zero-order chi connectivity index (χ0) is 26.1. The Morgan fingerprint density at radius 1 is 1.11 bits per heavy atom. The van der Waals surface area contributed by atoms with Gasteiger partial charge < -0.3 is 25.4 Å². The maximum absolute atomic E-state index is 14.2. The molecule has 1 spiro atoms. The van der Waals surface area contributed by atoms with Crippen molar-refractivity contribution in [1.82, 2.24) is 15.5 Å². The van der Waals surface area contributed by atoms with Gasteiger partial charge in [0.1, 0.15) is 11.6 Å². The number of carbonyl (C=O) groups excluding carboxylic acids is 3. The van der Waals surface area contributed by atoms with E-state index < -0.39 is 35.1 Å². The first kappa shape index (κ1) is 26.6. The number of hydrogen-bond donors (Lipinski definition) is 3. The summed E-state index contributed by atoms with van der Waals surface area (Å²) in [6.45, 7) is 8.72. The molecule has 8 nitrogen and oxygen atoms in total. The molecule has 1 aromatic rings. The molecule has 0 radical (unpaired) electrons. The van der Waals surface area contributed by atoms with Gasteiger partial charge in [-0.15, -0.1) is 0 Å². The van der Waals surface area contributed by atoms with E-state index in [-0.39, 0.29) is 30.2 Å². The van der Waals surface area contributed by atoms with E-state index in [9.17, 15) is 19.5 Å². The number of aliphatic hydroxyl groups excluding tert-OH is 1. The molecule has 0 aliphatic carbocycles. The Morgan fingerprint density at radius 2 is 1.81 bits per heavy atom. The van der Waals surface area contributed by atoms with E-state index in [0.29, 0.717) is 19.5 Å². The molecule has 3 N–H and O–H groups in total. The molecule has 0 saturated carbocycles. The fourth-order valence-electron chi connectivity index (χ4n) is 6.78. The zero-order valence-corrected chi connectivity index (χ0v) is 22.0. The molecule has 3 heterocycles. The number of nitrogens with one attached hydrogen (secondary N) is 2. The van der Waals surface area contributed by atoms with E-state index in [1.165, 1.54) is 4.90 Å². The van der Waals surface area contributed by atoms with Crippen LogP contribution in [0.2, 0.25) is 0 Å². The van der Waals surface area contributed by atoms with E-state index in [2.05, 4.69) is 17.6 Å². The van der Waals surface area contributed by atoms with E-state index >= 15 is 0 Å². The molecular weight excluding hydrogens is 458 g/mol. The number of amides is 3. The minimum atomic E-state index is -1.11. The van der Waals surface area contributed by atoms with Gasteiger partial charge >= 0.3 is 0 Å². The lowest BCUT2D eigenvalue weighted by atomic mass is 9.62. The summed E-state index contributed by atoms with van der Waals surface area (Å²) in [5.41, 5.74) is -1.21. The van der Waals surface area contributed by atoms with Crippen LogP contribution >= 0.6 is 0 Å². The number of aliphatic hydroxyl groups is 1. The molecule has 3 amide bonds. The Balaban J connectivity index is 1.77. The van der Waals surface area contributed by atoms with Gasteiger partial charge in [-0.3, -0.25) is 14.4 Å². The molecule has 0 aromatic heterocycles. The lowest BCUT2D eigenvalue weighted by molar-refractivity contribution is -0.151. The lowest BCUT2D eigenvalue weighted by Crippen LogP contribution is -2.56. The number of ether oxygens (including phenoxy) is 1. The summed E-state index contributed by atoms with van der Waals surface area (Å²) in [6, 6.07) is 7.63. The van der Waals surface area contributed by atoms with Crippen molar-refractivity contribution in [2.24, 2.45) is 17.8 Å². The number of fused-ring (bicyclic) bond motifs is 1. The minimum absolute atomic E-state index is 0.0152. The summed E-state index contributed by atoms with van der Waals surface area (Å²) >= 11 is 0. The van der Waals surface area contributed by atoms with Gasteiger partial charge in [0.25, 0.3) is 0 Å². The smallest absolute Gasteiger partial charge is 0.245 e. The number of likely N-dealkylation sites (tertiary alicyclic amines) is 1. The van der Waals surface area contributed by atoms with Crippen molar-refractivity contribution in [3.8, 4) is 0 Å². The first-order chi connectivity index (χ1) is 17.3. The Kier molecular flexibility index (Phi) is 7.76. The van der Waals surface area contributed by atoms with Crippen molar-refractivity contribution in [3.63, 3.8) is 0 Å². The highest BCUT2D eigenvalue weighted by Gasteiger charge is 2.80. The highest BCUT2D eigenvalue weighted by Crippen LogP contribution is 2.65. The molecule has 3 unspecified atom stereocenters. The molecule has 198 valence electrons. The second-order valence-corrected chi connectivity index (χ2v) is 10.8. The van der Waals surface area contributed by atoms with Crippen molar-refractivity contribution in [1.29, 1.82) is 0 Å². The first-order valence-electron chi connectivity index (χ1n) is 13.5. The van der Waals surface area contributed by atoms with Gasteiger partial charge in [0.05, 0.1) is 30.1 Å². The van der Waals surface area contributed by atoms with Gasteiger partial charge in [-0.05, 0) is 37.7 Å². The zero-order valence-electron chi connectivity index (χ0n) is 22.0. The normalized spacial score (nSPS) is 33.5. The van der Waals surface area contributed by atoms with Gasteiger partial charge in [0.2, 0.25) is 17.7 Å². The van der Waals surface area contributed by atoms with E-state index in [1.807, 2.05) is 51.1 Å². The molecule has 4 rings (SSSR count). The highest BCUT2D eigenvalue weighted by atomic mass is 16.5. The molecule has 8 heteroatoms. The van der Waals surface area contributed by atoms with Gasteiger partial charge in [0, 0.05) is 13.1 Å². The van der Waals surface area contributed by atoms with Crippen LogP contribution in [0.25, 0.3) is 0 Å². The molecule has 3 saturated heterocycles. The van der Waals surface area contributed by atoms with Gasteiger partial charge in [-0.25, -0.2) is 0 Å². The quantitative estimate of drug-likeness (QED) is 0.406. The van der Waals surface area contributed by atoms with Crippen LogP contribution in [0.1, 0.15) is 71.4 Å². The van der Waals surface area contributed by atoms with Gasteiger partial charge in [-0.1, -0.05) is 63.9 Å². The van der Waals surface area contributed by atoms with Crippen LogP contribution < -0.4 is 10.6 Å². The van der Waals surface area contributed by atoms with Crippen molar-refractivity contribution in [2.75, 3.05) is 19.7 Å². The highest BCUT2D eigenvalue weighted by molar-refractivity contribution is 5.99. The maximum Gasteiger partial charge on any atom is 0.245 e.